The fraction of sp³-hybridized carbons (Fsp3) is 0.588. The summed E-state index contributed by atoms with van der Waals surface area (Å²) in [6.45, 7) is 0. The average Bonchev–Trinajstić information content (AvgIpc) is 2.39. The third kappa shape index (κ3) is 2.79. The van der Waals surface area contributed by atoms with Gasteiger partial charge < -0.3 is 11.1 Å². The van der Waals surface area contributed by atoms with Crippen LogP contribution in [0.25, 0.3) is 0 Å². The first-order valence-electron chi connectivity index (χ1n) is 7.98. The highest BCUT2D eigenvalue weighted by Gasteiger charge is 2.51. The Balaban J connectivity index is 1.52. The van der Waals surface area contributed by atoms with Gasteiger partial charge in [-0.1, -0.05) is 0 Å². The Morgan fingerprint density at radius 3 is 2.10 bits per heavy atom. The summed E-state index contributed by atoms with van der Waals surface area (Å²) in [5, 5.41) is 3.27. The highest BCUT2D eigenvalue weighted by molar-refractivity contribution is 14.1. The van der Waals surface area contributed by atoms with E-state index in [0.717, 1.165) is 23.4 Å². The van der Waals surface area contributed by atoms with Crippen LogP contribution in [0.3, 0.4) is 0 Å². The topological polar surface area (TPSA) is 50.4 Å². The zero-order chi connectivity index (χ0) is 14.4. The standard InChI is InChI=1S/C17H22IN3/c18-14-1-3-15(4-2-14)20-16(19)21-17-8-11-5-12(9-17)7-13(6-11)10-17/h1-4,11-13H,5-10H2,(H3,19,20,21)/i18-2. The number of nitrogens with two attached hydrogens (primary N) is 1. The molecule has 0 saturated heterocycles. The second-order valence-corrected chi connectivity index (χ2v) is 8.52. The van der Waals surface area contributed by atoms with E-state index in [1.54, 1.807) is 0 Å². The van der Waals surface area contributed by atoms with Crippen molar-refractivity contribution in [1.29, 1.82) is 0 Å². The van der Waals surface area contributed by atoms with Crippen LogP contribution < -0.4 is 11.1 Å². The molecule has 0 atom stereocenters. The second kappa shape index (κ2) is 5.14. The maximum atomic E-state index is 6.20. The zero-order valence-electron chi connectivity index (χ0n) is 12.2. The van der Waals surface area contributed by atoms with E-state index in [9.17, 15) is 0 Å². The highest BCUT2D eigenvalue weighted by Crippen LogP contribution is 2.57. The number of benzene rings is 1. The Bertz CT molecular complexity index is 529. The normalized spacial score (nSPS) is 37.8. The summed E-state index contributed by atoms with van der Waals surface area (Å²) in [6, 6.07) is 8.29. The Labute approximate surface area is 139 Å². The Morgan fingerprint density at radius 2 is 1.57 bits per heavy atom. The lowest BCUT2D eigenvalue weighted by Gasteiger charge is -2.54. The lowest BCUT2D eigenvalue weighted by Crippen LogP contribution is -2.50. The molecule has 4 heteroatoms. The maximum absolute atomic E-state index is 6.20. The highest BCUT2D eigenvalue weighted by atomic mass is 125. The Morgan fingerprint density at radius 1 is 1.05 bits per heavy atom. The third-order valence-electron chi connectivity index (χ3n) is 5.48. The minimum atomic E-state index is 0.148. The fourth-order valence-electron chi connectivity index (χ4n) is 5.17. The van der Waals surface area contributed by atoms with Crippen molar-refractivity contribution in [1.82, 2.24) is 0 Å². The van der Waals surface area contributed by atoms with E-state index < -0.39 is 0 Å². The van der Waals surface area contributed by atoms with Gasteiger partial charge in [0.1, 0.15) is 0 Å². The predicted molar refractivity (Wildman–Crippen MR) is 95.3 cm³/mol. The molecule has 0 unspecified atom stereocenters. The van der Waals surface area contributed by atoms with Gasteiger partial charge in [0.05, 0.1) is 5.54 Å². The van der Waals surface area contributed by atoms with Crippen LogP contribution in [0.4, 0.5) is 5.69 Å². The Kier molecular flexibility index (Phi) is 3.39. The molecule has 4 aliphatic rings. The summed E-state index contributed by atoms with van der Waals surface area (Å²) in [4.78, 5) is 4.97. The van der Waals surface area contributed by atoms with Crippen LogP contribution in [-0.2, 0) is 0 Å². The quantitative estimate of drug-likeness (QED) is 0.454. The molecule has 4 bridgehead atoms. The number of nitrogens with zero attached hydrogens (tertiary/aromatic N) is 1. The number of nitrogens with one attached hydrogen (secondary N) is 1. The number of guanidine groups is 1. The van der Waals surface area contributed by atoms with Gasteiger partial charge in [-0.2, -0.15) is 0 Å². The molecule has 5 rings (SSSR count). The van der Waals surface area contributed by atoms with Gasteiger partial charge in [0.25, 0.3) is 0 Å². The average molecular weight is 393 g/mol. The first-order valence-corrected chi connectivity index (χ1v) is 9.06. The summed E-state index contributed by atoms with van der Waals surface area (Å²) in [6.07, 6.45) is 8.11. The molecule has 0 radical (unpaired) electrons. The smallest absolute Gasteiger partial charge is 0.193 e. The van der Waals surface area contributed by atoms with Gasteiger partial charge in [0.2, 0.25) is 0 Å². The van der Waals surface area contributed by atoms with Crippen molar-refractivity contribution in [2.24, 2.45) is 28.5 Å². The molecule has 0 aromatic heterocycles. The maximum Gasteiger partial charge on any atom is 0.193 e. The number of hydrogen-bond acceptors (Lipinski definition) is 1. The van der Waals surface area contributed by atoms with Gasteiger partial charge in [-0.25, -0.2) is 4.99 Å². The molecule has 0 aliphatic heterocycles. The first-order chi connectivity index (χ1) is 10.1. The molecule has 0 amide bonds. The number of anilines is 1. The van der Waals surface area contributed by atoms with Gasteiger partial charge in [-0.3, -0.25) is 0 Å². The Hall–Kier alpha value is -0.780. The minimum Gasteiger partial charge on any atom is -0.370 e. The summed E-state index contributed by atoms with van der Waals surface area (Å²) >= 11 is 2.31. The van der Waals surface area contributed by atoms with E-state index >= 15 is 0 Å². The van der Waals surface area contributed by atoms with Gasteiger partial charge in [0.15, 0.2) is 5.96 Å². The van der Waals surface area contributed by atoms with E-state index in [0.29, 0.717) is 5.96 Å². The zero-order valence-corrected chi connectivity index (χ0v) is 14.3. The molecule has 0 heterocycles. The lowest BCUT2D eigenvalue weighted by molar-refractivity contribution is 0.00164. The minimum absolute atomic E-state index is 0.148. The van der Waals surface area contributed by atoms with Crippen molar-refractivity contribution in [3.05, 3.63) is 27.8 Å². The summed E-state index contributed by atoms with van der Waals surface area (Å²) in [5.41, 5.74) is 7.38. The van der Waals surface area contributed by atoms with Crippen molar-refractivity contribution in [2.45, 2.75) is 44.1 Å². The number of halogens is 1. The molecule has 4 fully saturated rings. The van der Waals surface area contributed by atoms with Crippen LogP contribution >= 0.6 is 22.6 Å². The van der Waals surface area contributed by atoms with E-state index in [-0.39, 0.29) is 5.54 Å². The largest absolute Gasteiger partial charge is 0.370 e. The molecule has 4 saturated carbocycles. The number of hydrogen-bond donors (Lipinski definition) is 2. The molecule has 1 aromatic carbocycles. The van der Waals surface area contributed by atoms with Gasteiger partial charge in [-0.05, 0) is 103 Å². The summed E-state index contributed by atoms with van der Waals surface area (Å²) < 4.78 is 1.23. The van der Waals surface area contributed by atoms with Crippen LogP contribution in [0.2, 0.25) is 0 Å². The van der Waals surface area contributed by atoms with E-state index in [2.05, 4.69) is 52.2 Å². The van der Waals surface area contributed by atoms with E-state index in [4.69, 9.17) is 10.7 Å². The van der Waals surface area contributed by atoms with E-state index in [1.165, 1.54) is 42.1 Å². The second-order valence-electron chi connectivity index (χ2n) is 7.27. The summed E-state index contributed by atoms with van der Waals surface area (Å²) in [5.74, 6) is 3.32. The van der Waals surface area contributed by atoms with Crippen molar-refractivity contribution in [2.75, 3.05) is 5.32 Å². The van der Waals surface area contributed by atoms with Crippen LogP contribution in [0.5, 0.6) is 0 Å². The fourth-order valence-corrected chi connectivity index (χ4v) is 5.53. The van der Waals surface area contributed by atoms with E-state index in [1.807, 2.05) is 0 Å². The van der Waals surface area contributed by atoms with Crippen LogP contribution in [0.15, 0.2) is 29.3 Å². The molecule has 112 valence electrons. The molecule has 0 spiro atoms. The number of rotatable bonds is 2. The first kappa shape index (κ1) is 13.9. The molecule has 4 aliphatic carbocycles. The van der Waals surface area contributed by atoms with Crippen LogP contribution in [-0.4, -0.2) is 11.5 Å². The lowest BCUT2D eigenvalue weighted by atomic mass is 9.53. The predicted octanol–water partition coefficient (Wildman–Crippen LogP) is 3.99. The van der Waals surface area contributed by atoms with Crippen molar-refractivity contribution in [3.63, 3.8) is 0 Å². The molecule has 3 N–H and O–H groups in total. The summed E-state index contributed by atoms with van der Waals surface area (Å²) in [7, 11) is 0. The number of aliphatic imine (C=N–C) groups is 1. The molecular weight excluding hydrogens is 371 g/mol. The van der Waals surface area contributed by atoms with Crippen LogP contribution in [0, 0.1) is 21.3 Å². The van der Waals surface area contributed by atoms with Crippen molar-refractivity contribution in [3.8, 4) is 0 Å². The molecule has 21 heavy (non-hydrogen) atoms. The third-order valence-corrected chi connectivity index (χ3v) is 6.20. The van der Waals surface area contributed by atoms with Gasteiger partial charge in [-0.15, -0.1) is 0 Å². The van der Waals surface area contributed by atoms with Crippen molar-refractivity contribution < 1.29 is 0 Å². The molecule has 1 aromatic rings. The van der Waals surface area contributed by atoms with Crippen molar-refractivity contribution >= 4 is 34.2 Å². The van der Waals surface area contributed by atoms with Gasteiger partial charge in [0, 0.05) is 9.26 Å². The SMILES string of the molecule is NC(=NC12CC3CC(CC(C3)C1)C2)Nc1ccc([125I])cc1. The van der Waals surface area contributed by atoms with Crippen LogP contribution in [0.1, 0.15) is 38.5 Å². The monoisotopic (exact) mass is 393 g/mol. The molecule has 3 nitrogen and oxygen atoms in total. The van der Waals surface area contributed by atoms with Gasteiger partial charge >= 0.3 is 0 Å². The molecular formula is C17H22IN3.